The van der Waals surface area contributed by atoms with Crippen molar-refractivity contribution in [3.05, 3.63) is 0 Å². The van der Waals surface area contributed by atoms with E-state index in [9.17, 15) is 13.2 Å². The molecule has 0 bridgehead atoms. The summed E-state index contributed by atoms with van der Waals surface area (Å²) in [5, 5.41) is 0.918. The van der Waals surface area contributed by atoms with Crippen molar-refractivity contribution in [1.82, 2.24) is 5.23 Å². The molecule has 15 heavy (non-hydrogen) atoms. The fourth-order valence-corrected chi connectivity index (χ4v) is 0.759. The zero-order valence-electron chi connectivity index (χ0n) is 9.30. The second-order valence-corrected chi connectivity index (χ2v) is 3.18. The number of alkyl halides is 3. The number of halogens is 3. The molecule has 0 N–H and O–H groups in total. The molecular weight excluding hydrogens is 211 g/mol. The van der Waals surface area contributed by atoms with E-state index in [1.807, 2.05) is 13.8 Å². The van der Waals surface area contributed by atoms with Gasteiger partial charge in [0.05, 0.1) is 13.2 Å². The third-order valence-corrected chi connectivity index (χ3v) is 1.58. The van der Waals surface area contributed by atoms with Crippen LogP contribution < -0.4 is 0 Å². The number of rotatable bonds is 7. The largest absolute Gasteiger partial charge is 0.416 e. The molecule has 0 amide bonds. The Morgan fingerprint density at radius 2 is 1.80 bits per heavy atom. The molecular formula is C9H18F3NO2. The Bertz CT molecular complexity index is 164. The summed E-state index contributed by atoms with van der Waals surface area (Å²) >= 11 is 0. The van der Waals surface area contributed by atoms with Crippen molar-refractivity contribution in [2.75, 3.05) is 13.2 Å². The molecule has 3 nitrogen and oxygen atoms in total. The van der Waals surface area contributed by atoms with Gasteiger partial charge in [-0.3, -0.25) is 9.68 Å². The molecule has 0 saturated heterocycles. The normalized spacial score (nSPS) is 14.6. The number of hydroxylamine groups is 2. The molecule has 0 aromatic carbocycles. The van der Waals surface area contributed by atoms with E-state index in [1.54, 1.807) is 0 Å². The molecule has 0 aromatic heterocycles. The quantitative estimate of drug-likeness (QED) is 0.626. The molecule has 0 aromatic rings. The standard InChI is InChI=1S/C9H18F3NO2/c1-4-6-13(14-7-5-2)15-8(3)9(10,11)12/h8H,4-7H2,1-3H3. The highest BCUT2D eigenvalue weighted by molar-refractivity contribution is 4.58. The van der Waals surface area contributed by atoms with Crippen LogP contribution in [-0.4, -0.2) is 30.7 Å². The molecule has 0 fully saturated rings. The van der Waals surface area contributed by atoms with E-state index < -0.39 is 12.3 Å². The molecule has 1 atom stereocenters. The maximum absolute atomic E-state index is 12.2. The number of nitrogens with zero attached hydrogens (tertiary/aromatic N) is 1. The van der Waals surface area contributed by atoms with Crippen molar-refractivity contribution in [2.45, 2.75) is 45.9 Å². The summed E-state index contributed by atoms with van der Waals surface area (Å²) in [5.41, 5.74) is 0. The molecule has 1 unspecified atom stereocenters. The average molecular weight is 229 g/mol. The first-order valence-corrected chi connectivity index (χ1v) is 5.05. The number of hydrogen-bond acceptors (Lipinski definition) is 3. The first kappa shape index (κ1) is 14.7. The second-order valence-electron chi connectivity index (χ2n) is 3.18. The van der Waals surface area contributed by atoms with Crippen molar-refractivity contribution < 1.29 is 22.8 Å². The minimum absolute atomic E-state index is 0.320. The third-order valence-electron chi connectivity index (χ3n) is 1.58. The second kappa shape index (κ2) is 7.03. The van der Waals surface area contributed by atoms with Gasteiger partial charge in [0.1, 0.15) is 0 Å². The van der Waals surface area contributed by atoms with Gasteiger partial charge in [-0.25, -0.2) is 0 Å². The van der Waals surface area contributed by atoms with E-state index in [2.05, 4.69) is 4.84 Å². The summed E-state index contributed by atoms with van der Waals surface area (Å²) in [7, 11) is 0. The van der Waals surface area contributed by atoms with Gasteiger partial charge in [-0.1, -0.05) is 19.1 Å². The highest BCUT2D eigenvalue weighted by Gasteiger charge is 2.38. The van der Waals surface area contributed by atoms with Crippen LogP contribution in [0.25, 0.3) is 0 Å². The van der Waals surface area contributed by atoms with E-state index in [0.29, 0.717) is 19.6 Å². The van der Waals surface area contributed by atoms with Crippen molar-refractivity contribution in [1.29, 1.82) is 0 Å². The third kappa shape index (κ3) is 6.70. The van der Waals surface area contributed by atoms with Crippen molar-refractivity contribution in [3.63, 3.8) is 0 Å². The lowest BCUT2D eigenvalue weighted by Crippen LogP contribution is -2.37. The van der Waals surface area contributed by atoms with Crippen molar-refractivity contribution in [2.24, 2.45) is 0 Å². The van der Waals surface area contributed by atoms with E-state index in [-0.39, 0.29) is 0 Å². The van der Waals surface area contributed by atoms with Crippen LogP contribution in [0.1, 0.15) is 33.6 Å². The fraction of sp³-hybridized carbons (Fsp3) is 1.00. The van der Waals surface area contributed by atoms with E-state index in [0.717, 1.165) is 18.6 Å². The summed E-state index contributed by atoms with van der Waals surface area (Å²) in [4.78, 5) is 9.65. The van der Waals surface area contributed by atoms with Crippen LogP contribution in [0.15, 0.2) is 0 Å². The zero-order valence-corrected chi connectivity index (χ0v) is 9.30. The van der Waals surface area contributed by atoms with E-state index >= 15 is 0 Å². The van der Waals surface area contributed by atoms with Crippen LogP contribution in [0.3, 0.4) is 0 Å². The first-order valence-electron chi connectivity index (χ1n) is 5.05. The lowest BCUT2D eigenvalue weighted by Gasteiger charge is -2.25. The Balaban J connectivity index is 4.03. The Kier molecular flexibility index (Phi) is 6.87. The topological polar surface area (TPSA) is 21.7 Å². The number of hydrogen-bond donors (Lipinski definition) is 0. The summed E-state index contributed by atoms with van der Waals surface area (Å²) < 4.78 is 36.5. The Labute approximate surface area is 88.1 Å². The fourth-order valence-electron chi connectivity index (χ4n) is 0.759. The average Bonchev–Trinajstić information content (AvgIpc) is 2.13. The van der Waals surface area contributed by atoms with Crippen LogP contribution in [0.4, 0.5) is 13.2 Å². The van der Waals surface area contributed by atoms with Gasteiger partial charge in [-0.15, -0.1) is 0 Å². The Morgan fingerprint density at radius 3 is 2.20 bits per heavy atom. The highest BCUT2D eigenvalue weighted by Crippen LogP contribution is 2.23. The van der Waals surface area contributed by atoms with Gasteiger partial charge in [0.2, 0.25) is 0 Å². The minimum Gasteiger partial charge on any atom is -0.274 e. The van der Waals surface area contributed by atoms with Gasteiger partial charge in [0, 0.05) is 0 Å². The molecule has 0 aliphatic carbocycles. The monoisotopic (exact) mass is 229 g/mol. The Morgan fingerprint density at radius 1 is 1.20 bits per heavy atom. The SMILES string of the molecule is CCCON(CCC)OC(C)C(F)(F)F. The van der Waals surface area contributed by atoms with Gasteiger partial charge in [-0.2, -0.15) is 13.2 Å². The lowest BCUT2D eigenvalue weighted by atomic mass is 10.4. The Hall–Kier alpha value is -0.330. The molecule has 0 rings (SSSR count). The molecule has 0 heterocycles. The van der Waals surface area contributed by atoms with Gasteiger partial charge < -0.3 is 0 Å². The van der Waals surface area contributed by atoms with Crippen LogP contribution in [0.2, 0.25) is 0 Å². The molecule has 0 saturated carbocycles. The summed E-state index contributed by atoms with van der Waals surface area (Å²) in [6.45, 7) is 5.34. The van der Waals surface area contributed by atoms with E-state index in [4.69, 9.17) is 4.84 Å². The molecule has 0 radical (unpaired) electrons. The zero-order chi connectivity index (χ0) is 11.9. The van der Waals surface area contributed by atoms with Gasteiger partial charge in [0.15, 0.2) is 6.10 Å². The van der Waals surface area contributed by atoms with Crippen molar-refractivity contribution in [3.8, 4) is 0 Å². The maximum atomic E-state index is 12.2. The predicted octanol–water partition coefficient (Wildman–Crippen LogP) is 2.92. The molecule has 0 spiro atoms. The summed E-state index contributed by atoms with van der Waals surface area (Å²) in [6.07, 6.45) is -4.82. The molecule has 0 aliphatic heterocycles. The van der Waals surface area contributed by atoms with Crippen LogP contribution in [0.5, 0.6) is 0 Å². The lowest BCUT2D eigenvalue weighted by molar-refractivity contribution is -0.413. The molecule has 6 heteroatoms. The highest BCUT2D eigenvalue weighted by atomic mass is 19.4. The minimum atomic E-state index is -4.36. The van der Waals surface area contributed by atoms with Gasteiger partial charge in [-0.05, 0) is 19.8 Å². The smallest absolute Gasteiger partial charge is 0.274 e. The predicted molar refractivity (Wildman–Crippen MR) is 49.8 cm³/mol. The van der Waals surface area contributed by atoms with Crippen LogP contribution >= 0.6 is 0 Å². The summed E-state index contributed by atoms with van der Waals surface area (Å²) in [5.74, 6) is 0. The van der Waals surface area contributed by atoms with E-state index in [1.165, 1.54) is 0 Å². The maximum Gasteiger partial charge on any atom is 0.416 e. The van der Waals surface area contributed by atoms with Crippen molar-refractivity contribution >= 4 is 0 Å². The van der Waals surface area contributed by atoms with Gasteiger partial charge >= 0.3 is 6.18 Å². The molecule has 0 aliphatic rings. The summed E-state index contributed by atoms with van der Waals surface area (Å²) in [6, 6.07) is 0. The van der Waals surface area contributed by atoms with Crippen LogP contribution in [0, 0.1) is 0 Å². The first-order chi connectivity index (χ1) is 6.91. The molecule has 92 valence electrons. The van der Waals surface area contributed by atoms with Crippen LogP contribution in [-0.2, 0) is 9.68 Å². The van der Waals surface area contributed by atoms with Gasteiger partial charge in [0.25, 0.3) is 0 Å².